The van der Waals surface area contributed by atoms with Crippen LogP contribution in [-0.2, 0) is 13.1 Å². The van der Waals surface area contributed by atoms with Gasteiger partial charge in [0.1, 0.15) is 0 Å². The van der Waals surface area contributed by atoms with E-state index in [2.05, 4.69) is 40.2 Å². The van der Waals surface area contributed by atoms with Gasteiger partial charge in [-0.15, -0.1) is 11.3 Å². The zero-order valence-corrected chi connectivity index (χ0v) is 15.4. The largest absolute Gasteiger partial charge is 0.392 e. The molecule has 4 nitrogen and oxygen atoms in total. The summed E-state index contributed by atoms with van der Waals surface area (Å²) in [4.78, 5) is 8.85. The Bertz CT molecular complexity index is 482. The van der Waals surface area contributed by atoms with Crippen LogP contribution in [0.15, 0.2) is 11.4 Å². The number of likely N-dealkylation sites (tertiary alicyclic amines) is 2. The monoisotopic (exact) mass is 337 g/mol. The van der Waals surface area contributed by atoms with Crippen LogP contribution in [0.5, 0.6) is 0 Å². The van der Waals surface area contributed by atoms with Gasteiger partial charge in [-0.25, -0.2) is 0 Å². The van der Waals surface area contributed by atoms with Crippen LogP contribution in [0.25, 0.3) is 0 Å². The average Bonchev–Trinajstić information content (AvgIpc) is 2.94. The van der Waals surface area contributed by atoms with Crippen molar-refractivity contribution in [1.29, 1.82) is 0 Å². The third-order valence-corrected chi connectivity index (χ3v) is 6.06. The summed E-state index contributed by atoms with van der Waals surface area (Å²) >= 11 is 1.90. The topological polar surface area (TPSA) is 30.0 Å². The molecule has 2 fully saturated rings. The van der Waals surface area contributed by atoms with Gasteiger partial charge in [0.2, 0.25) is 0 Å². The predicted molar refractivity (Wildman–Crippen MR) is 96.8 cm³/mol. The smallest absolute Gasteiger partial charge is 0.0667 e. The molecule has 3 rings (SSSR count). The molecule has 0 spiro atoms. The fraction of sp³-hybridized carbons (Fsp3) is 0.778. The highest BCUT2D eigenvalue weighted by Gasteiger charge is 2.28. The minimum absolute atomic E-state index is 0.0944. The molecule has 1 aromatic heterocycles. The van der Waals surface area contributed by atoms with E-state index in [-0.39, 0.29) is 6.10 Å². The van der Waals surface area contributed by atoms with Crippen LogP contribution in [0.3, 0.4) is 0 Å². The second kappa shape index (κ2) is 8.08. The number of piperidine rings is 2. The highest BCUT2D eigenvalue weighted by molar-refractivity contribution is 7.10. The first-order chi connectivity index (χ1) is 11.1. The molecule has 23 heavy (non-hydrogen) atoms. The van der Waals surface area contributed by atoms with Gasteiger partial charge in [0, 0.05) is 43.6 Å². The minimum Gasteiger partial charge on any atom is -0.392 e. The van der Waals surface area contributed by atoms with Crippen LogP contribution in [0.2, 0.25) is 0 Å². The van der Waals surface area contributed by atoms with E-state index in [4.69, 9.17) is 0 Å². The lowest BCUT2D eigenvalue weighted by Crippen LogP contribution is -2.49. The minimum atomic E-state index is -0.0944. The van der Waals surface area contributed by atoms with Crippen LogP contribution in [0.1, 0.15) is 36.1 Å². The number of hydrogen-bond donors (Lipinski definition) is 1. The lowest BCUT2D eigenvalue weighted by Gasteiger charge is -2.41. The highest BCUT2D eigenvalue weighted by Crippen LogP contribution is 2.24. The normalized spacial score (nSPS) is 25.3. The van der Waals surface area contributed by atoms with Gasteiger partial charge in [-0.05, 0) is 63.3 Å². The van der Waals surface area contributed by atoms with Crippen LogP contribution in [0.4, 0.5) is 0 Å². The molecule has 2 aliphatic heterocycles. The Morgan fingerprint density at radius 3 is 2.70 bits per heavy atom. The molecule has 0 saturated carbocycles. The summed E-state index contributed by atoms with van der Waals surface area (Å²) < 4.78 is 0. The third kappa shape index (κ3) is 5.00. The summed E-state index contributed by atoms with van der Waals surface area (Å²) in [5.41, 5.74) is 1.44. The van der Waals surface area contributed by atoms with Gasteiger partial charge >= 0.3 is 0 Å². The van der Waals surface area contributed by atoms with Gasteiger partial charge in [0.05, 0.1) is 6.10 Å². The van der Waals surface area contributed by atoms with Crippen molar-refractivity contribution in [3.05, 3.63) is 21.9 Å². The van der Waals surface area contributed by atoms with Crippen molar-refractivity contribution in [3.8, 4) is 0 Å². The van der Waals surface area contributed by atoms with Crippen LogP contribution >= 0.6 is 11.3 Å². The quantitative estimate of drug-likeness (QED) is 0.892. The molecule has 0 radical (unpaired) electrons. The maximum Gasteiger partial charge on any atom is 0.0667 e. The van der Waals surface area contributed by atoms with E-state index < -0.39 is 0 Å². The van der Waals surface area contributed by atoms with Crippen LogP contribution in [0, 0.1) is 0 Å². The summed E-state index contributed by atoms with van der Waals surface area (Å²) in [6, 6.07) is 3.06. The van der Waals surface area contributed by atoms with Gasteiger partial charge in [-0.2, -0.15) is 0 Å². The van der Waals surface area contributed by atoms with Crippen molar-refractivity contribution in [2.24, 2.45) is 0 Å². The van der Waals surface area contributed by atoms with Crippen molar-refractivity contribution in [1.82, 2.24) is 14.7 Å². The van der Waals surface area contributed by atoms with Crippen molar-refractivity contribution in [2.75, 3.05) is 40.3 Å². The second-order valence-electron chi connectivity index (χ2n) is 7.46. The molecular weight excluding hydrogens is 306 g/mol. The highest BCUT2D eigenvalue weighted by atomic mass is 32.1. The number of rotatable bonds is 5. The van der Waals surface area contributed by atoms with E-state index in [0.29, 0.717) is 6.04 Å². The molecule has 1 aromatic rings. The molecule has 2 aliphatic rings. The summed E-state index contributed by atoms with van der Waals surface area (Å²) in [5, 5.41) is 12.2. The molecule has 130 valence electrons. The van der Waals surface area contributed by atoms with E-state index in [9.17, 15) is 5.11 Å². The molecule has 1 N–H and O–H groups in total. The molecule has 0 aliphatic carbocycles. The number of aliphatic hydroxyl groups excluding tert-OH is 1. The summed E-state index contributed by atoms with van der Waals surface area (Å²) in [6.45, 7) is 6.60. The number of thiophene rings is 1. The van der Waals surface area contributed by atoms with Crippen molar-refractivity contribution in [3.63, 3.8) is 0 Å². The molecule has 1 atom stereocenters. The summed E-state index contributed by atoms with van der Waals surface area (Å²) in [6.07, 6.45) is 4.56. The van der Waals surface area contributed by atoms with Crippen LogP contribution in [-0.4, -0.2) is 72.2 Å². The summed E-state index contributed by atoms with van der Waals surface area (Å²) in [5.74, 6) is 0. The number of hydrogen-bond acceptors (Lipinski definition) is 5. The zero-order chi connectivity index (χ0) is 16.2. The van der Waals surface area contributed by atoms with E-state index in [0.717, 1.165) is 32.5 Å². The first-order valence-electron chi connectivity index (χ1n) is 8.95. The molecule has 3 heterocycles. The number of aliphatic hydroxyl groups is 1. The zero-order valence-electron chi connectivity index (χ0n) is 14.6. The number of β-amino-alcohol motifs (C(OH)–C–C–N with tert-alkyl or cyclic N) is 1. The Kier molecular flexibility index (Phi) is 6.10. The van der Waals surface area contributed by atoms with Crippen molar-refractivity contribution >= 4 is 11.3 Å². The SMILES string of the molecule is CN(C)Cc1csc(CN2CCC(N3CCC[C@H](O)C3)CC2)c1. The molecule has 5 heteroatoms. The molecule has 2 saturated heterocycles. The molecule has 0 aromatic carbocycles. The molecule has 0 unspecified atom stereocenters. The third-order valence-electron chi connectivity index (χ3n) is 5.09. The fourth-order valence-corrected chi connectivity index (χ4v) is 4.86. The van der Waals surface area contributed by atoms with Crippen molar-refractivity contribution < 1.29 is 5.11 Å². The summed E-state index contributed by atoms with van der Waals surface area (Å²) in [7, 11) is 4.25. The predicted octanol–water partition coefficient (Wildman–Crippen LogP) is 2.23. The van der Waals surface area contributed by atoms with E-state index >= 15 is 0 Å². The Labute approximate surface area is 144 Å². The first-order valence-corrected chi connectivity index (χ1v) is 9.83. The molecule has 0 amide bonds. The van der Waals surface area contributed by atoms with Gasteiger partial charge in [0.25, 0.3) is 0 Å². The Balaban J connectivity index is 1.44. The molecular formula is C18H31N3OS. The van der Waals surface area contributed by atoms with Gasteiger partial charge < -0.3 is 10.0 Å². The van der Waals surface area contributed by atoms with E-state index in [1.165, 1.54) is 42.9 Å². The second-order valence-corrected chi connectivity index (χ2v) is 8.45. The number of nitrogens with zero attached hydrogens (tertiary/aromatic N) is 3. The fourth-order valence-electron chi connectivity index (χ4n) is 3.94. The standard InChI is InChI=1S/C18H31N3OS/c1-19(2)11-15-10-18(23-14-15)13-20-8-5-16(6-9-20)21-7-3-4-17(22)12-21/h10,14,16-17,22H,3-9,11-13H2,1-2H3/t17-/m0/s1. The maximum absolute atomic E-state index is 9.87. The lowest BCUT2D eigenvalue weighted by molar-refractivity contribution is 0.0244. The van der Waals surface area contributed by atoms with Crippen LogP contribution < -0.4 is 0 Å². The Hall–Kier alpha value is -0.460. The molecule has 0 bridgehead atoms. The van der Waals surface area contributed by atoms with Gasteiger partial charge in [-0.1, -0.05) is 0 Å². The maximum atomic E-state index is 9.87. The Morgan fingerprint density at radius 2 is 2.00 bits per heavy atom. The average molecular weight is 338 g/mol. The van der Waals surface area contributed by atoms with Gasteiger partial charge in [0.15, 0.2) is 0 Å². The van der Waals surface area contributed by atoms with E-state index in [1.807, 2.05) is 11.3 Å². The Morgan fingerprint density at radius 1 is 1.22 bits per heavy atom. The first kappa shape index (κ1) is 17.4. The lowest BCUT2D eigenvalue weighted by atomic mass is 9.99. The van der Waals surface area contributed by atoms with Crippen molar-refractivity contribution in [2.45, 2.75) is 50.9 Å². The van der Waals surface area contributed by atoms with Gasteiger partial charge in [-0.3, -0.25) is 9.80 Å². The van der Waals surface area contributed by atoms with E-state index in [1.54, 1.807) is 0 Å².